The van der Waals surface area contributed by atoms with Crippen molar-refractivity contribution in [1.82, 2.24) is 14.3 Å². The maximum Gasteiger partial charge on any atom is 0.346 e. The van der Waals surface area contributed by atoms with Gasteiger partial charge in [-0.15, -0.1) is 0 Å². The Hall–Kier alpha value is -2.79. The highest BCUT2D eigenvalue weighted by molar-refractivity contribution is 5.46. The quantitative estimate of drug-likeness (QED) is 0.739. The third-order valence-corrected chi connectivity index (χ3v) is 4.76. The molecule has 0 N–H and O–H groups in total. The second kappa shape index (κ2) is 8.27. The molecule has 1 aliphatic rings. The van der Waals surface area contributed by atoms with Crippen molar-refractivity contribution >= 4 is 0 Å². The van der Waals surface area contributed by atoms with Crippen LogP contribution in [-0.4, -0.2) is 34.7 Å². The minimum Gasteiger partial charge on any atom is -0.493 e. The molecular formula is C19H24N4O4. The number of hydrogen-bond acceptors (Lipinski definition) is 6. The van der Waals surface area contributed by atoms with Crippen LogP contribution in [0.15, 0.2) is 23.0 Å². The second-order valence-electron chi connectivity index (χ2n) is 6.49. The van der Waals surface area contributed by atoms with E-state index < -0.39 is 0 Å². The van der Waals surface area contributed by atoms with Crippen molar-refractivity contribution in [2.75, 3.05) is 20.3 Å². The number of ether oxygens (including phenoxy) is 3. The monoisotopic (exact) mass is 372 g/mol. The average molecular weight is 372 g/mol. The van der Waals surface area contributed by atoms with Crippen molar-refractivity contribution in [2.24, 2.45) is 5.92 Å². The van der Waals surface area contributed by atoms with Crippen LogP contribution in [0.2, 0.25) is 0 Å². The largest absolute Gasteiger partial charge is 0.493 e. The summed E-state index contributed by atoms with van der Waals surface area (Å²) in [6.45, 7) is 5.84. The Labute approximate surface area is 157 Å². The zero-order valence-electron chi connectivity index (χ0n) is 15.8. The smallest absolute Gasteiger partial charge is 0.346 e. The number of nitrogens with zero attached hydrogens (tertiary/aromatic N) is 4. The van der Waals surface area contributed by atoms with Gasteiger partial charge in [0.05, 0.1) is 25.3 Å². The minimum absolute atomic E-state index is 0.140. The lowest BCUT2D eigenvalue weighted by Crippen LogP contribution is -2.27. The van der Waals surface area contributed by atoms with Crippen LogP contribution in [0.5, 0.6) is 11.5 Å². The number of nitriles is 1. The van der Waals surface area contributed by atoms with Gasteiger partial charge >= 0.3 is 5.69 Å². The lowest BCUT2D eigenvalue weighted by atomic mass is 10.0. The third kappa shape index (κ3) is 3.83. The van der Waals surface area contributed by atoms with Gasteiger partial charge in [-0.25, -0.2) is 9.48 Å². The molecule has 27 heavy (non-hydrogen) atoms. The van der Waals surface area contributed by atoms with E-state index in [1.165, 1.54) is 11.8 Å². The predicted molar refractivity (Wildman–Crippen MR) is 97.8 cm³/mol. The Kier molecular flexibility index (Phi) is 5.81. The number of benzene rings is 1. The molecule has 2 heterocycles. The van der Waals surface area contributed by atoms with Gasteiger partial charge in [0.2, 0.25) is 0 Å². The van der Waals surface area contributed by atoms with Crippen LogP contribution in [0.25, 0.3) is 0 Å². The first-order valence-corrected chi connectivity index (χ1v) is 9.09. The van der Waals surface area contributed by atoms with Crippen LogP contribution in [0.3, 0.4) is 0 Å². The van der Waals surface area contributed by atoms with Crippen LogP contribution >= 0.6 is 0 Å². The van der Waals surface area contributed by atoms with E-state index >= 15 is 0 Å². The van der Waals surface area contributed by atoms with Crippen LogP contribution in [0.1, 0.15) is 37.8 Å². The molecule has 1 aliphatic heterocycles. The van der Waals surface area contributed by atoms with Gasteiger partial charge in [0, 0.05) is 19.2 Å². The Morgan fingerprint density at radius 2 is 2.22 bits per heavy atom. The molecule has 0 saturated carbocycles. The summed E-state index contributed by atoms with van der Waals surface area (Å²) in [5, 5.41) is 13.5. The maximum absolute atomic E-state index is 12.6. The highest BCUT2D eigenvalue weighted by Crippen LogP contribution is 2.32. The standard InChI is InChI=1S/C19H24N4O4/c1-4-22-18(17-13(2)7-9-27-17)21-23(19(22)24)8-10-26-15-6-5-14(12-20)11-16(15)25-3/h5-6,11,13,17H,4,7-10H2,1-3H3/t13-,17+/m1/s1. The summed E-state index contributed by atoms with van der Waals surface area (Å²) < 4.78 is 19.9. The van der Waals surface area contributed by atoms with E-state index in [2.05, 4.69) is 18.1 Å². The normalized spacial score (nSPS) is 19.0. The SMILES string of the molecule is CCn1c([C@H]2OCC[C@H]2C)nn(CCOc2ccc(C#N)cc2OC)c1=O. The van der Waals surface area contributed by atoms with E-state index in [9.17, 15) is 4.79 Å². The average Bonchev–Trinajstić information content (AvgIpc) is 3.24. The molecule has 8 nitrogen and oxygen atoms in total. The second-order valence-corrected chi connectivity index (χ2v) is 6.49. The highest BCUT2D eigenvalue weighted by Gasteiger charge is 2.31. The molecule has 1 aromatic heterocycles. The van der Waals surface area contributed by atoms with Crippen molar-refractivity contribution in [1.29, 1.82) is 5.26 Å². The highest BCUT2D eigenvalue weighted by atomic mass is 16.5. The van der Waals surface area contributed by atoms with E-state index in [1.54, 1.807) is 22.8 Å². The Balaban J connectivity index is 1.73. The summed E-state index contributed by atoms with van der Waals surface area (Å²) in [4.78, 5) is 12.6. The van der Waals surface area contributed by atoms with Crippen LogP contribution < -0.4 is 15.2 Å². The minimum atomic E-state index is -0.161. The van der Waals surface area contributed by atoms with E-state index in [1.807, 2.05) is 6.92 Å². The molecule has 0 radical (unpaired) electrons. The Morgan fingerprint density at radius 3 is 2.85 bits per heavy atom. The molecule has 1 saturated heterocycles. The predicted octanol–water partition coefficient (Wildman–Crippen LogP) is 2.12. The zero-order valence-corrected chi connectivity index (χ0v) is 15.8. The van der Waals surface area contributed by atoms with E-state index in [0.717, 1.165) is 6.42 Å². The first-order valence-electron chi connectivity index (χ1n) is 9.09. The molecular weight excluding hydrogens is 348 g/mol. The van der Waals surface area contributed by atoms with Crippen molar-refractivity contribution in [3.63, 3.8) is 0 Å². The Morgan fingerprint density at radius 1 is 1.41 bits per heavy atom. The van der Waals surface area contributed by atoms with Crippen LogP contribution in [0, 0.1) is 17.2 Å². The van der Waals surface area contributed by atoms with E-state index in [4.69, 9.17) is 19.5 Å². The topological polar surface area (TPSA) is 91.3 Å². The van der Waals surface area contributed by atoms with Gasteiger partial charge in [-0.05, 0) is 31.4 Å². The first-order chi connectivity index (χ1) is 13.1. The molecule has 0 unspecified atom stereocenters. The molecule has 1 aromatic carbocycles. The van der Waals surface area contributed by atoms with Gasteiger partial charge in [0.1, 0.15) is 12.7 Å². The third-order valence-electron chi connectivity index (χ3n) is 4.76. The molecule has 0 spiro atoms. The van der Waals surface area contributed by atoms with Crippen molar-refractivity contribution in [3.8, 4) is 17.6 Å². The molecule has 1 fully saturated rings. The van der Waals surface area contributed by atoms with Gasteiger partial charge in [-0.1, -0.05) is 6.92 Å². The first kappa shape index (κ1) is 19.0. The molecule has 144 valence electrons. The van der Waals surface area contributed by atoms with Crippen molar-refractivity contribution in [3.05, 3.63) is 40.1 Å². The summed E-state index contributed by atoms with van der Waals surface area (Å²) in [5.74, 6) is 2.02. The van der Waals surface area contributed by atoms with Gasteiger partial charge in [-0.3, -0.25) is 4.57 Å². The number of methoxy groups -OCH3 is 1. The van der Waals surface area contributed by atoms with E-state index in [-0.39, 0.29) is 18.4 Å². The summed E-state index contributed by atoms with van der Waals surface area (Å²) in [7, 11) is 1.52. The van der Waals surface area contributed by atoms with Gasteiger partial charge in [0.25, 0.3) is 0 Å². The van der Waals surface area contributed by atoms with Crippen molar-refractivity contribution < 1.29 is 14.2 Å². The summed E-state index contributed by atoms with van der Waals surface area (Å²) in [5.41, 5.74) is 0.332. The summed E-state index contributed by atoms with van der Waals surface area (Å²) in [6.07, 6.45) is 0.829. The zero-order chi connectivity index (χ0) is 19.4. The molecule has 2 atom stereocenters. The molecule has 0 aliphatic carbocycles. The van der Waals surface area contributed by atoms with E-state index in [0.29, 0.717) is 48.5 Å². The summed E-state index contributed by atoms with van der Waals surface area (Å²) in [6, 6.07) is 7.02. The number of aromatic nitrogens is 3. The summed E-state index contributed by atoms with van der Waals surface area (Å²) >= 11 is 0. The number of hydrogen-bond donors (Lipinski definition) is 0. The van der Waals surface area contributed by atoms with Gasteiger partial charge < -0.3 is 14.2 Å². The molecule has 2 aromatic rings. The van der Waals surface area contributed by atoms with Gasteiger partial charge in [-0.2, -0.15) is 10.4 Å². The van der Waals surface area contributed by atoms with Crippen molar-refractivity contribution in [2.45, 2.75) is 39.5 Å². The lowest BCUT2D eigenvalue weighted by Gasteiger charge is -2.13. The number of rotatable bonds is 7. The maximum atomic E-state index is 12.6. The fourth-order valence-electron chi connectivity index (χ4n) is 3.24. The molecule has 8 heteroatoms. The lowest BCUT2D eigenvalue weighted by molar-refractivity contribution is 0.0835. The molecule has 0 amide bonds. The van der Waals surface area contributed by atoms with Gasteiger partial charge in [0.15, 0.2) is 17.3 Å². The Bertz CT molecular complexity index is 896. The molecule has 3 rings (SSSR count). The van der Waals surface area contributed by atoms with Crippen LogP contribution in [0.4, 0.5) is 0 Å². The molecule has 0 bridgehead atoms. The fraction of sp³-hybridized carbons (Fsp3) is 0.526. The van der Waals surface area contributed by atoms with Crippen LogP contribution in [-0.2, 0) is 17.8 Å². The fourth-order valence-corrected chi connectivity index (χ4v) is 3.24.